The Labute approximate surface area is 121 Å². The second kappa shape index (κ2) is 6.04. The minimum Gasteiger partial charge on any atom is -0.496 e. The molecule has 0 fully saturated rings. The van der Waals surface area contributed by atoms with Crippen molar-refractivity contribution in [1.29, 1.82) is 0 Å². The van der Waals surface area contributed by atoms with Crippen molar-refractivity contribution in [2.45, 2.75) is 6.92 Å². The van der Waals surface area contributed by atoms with Gasteiger partial charge in [0.1, 0.15) is 5.75 Å². The quantitative estimate of drug-likeness (QED) is 0.373. The van der Waals surface area contributed by atoms with E-state index in [4.69, 9.17) is 9.47 Å². The van der Waals surface area contributed by atoms with Gasteiger partial charge in [-0.05, 0) is 31.2 Å². The van der Waals surface area contributed by atoms with Gasteiger partial charge in [-0.25, -0.2) is 4.79 Å². The van der Waals surface area contributed by atoms with Crippen LogP contribution in [0.1, 0.15) is 15.9 Å². The van der Waals surface area contributed by atoms with Gasteiger partial charge in [0.2, 0.25) is 5.75 Å². The number of ether oxygens (including phenoxy) is 2. The maximum Gasteiger partial charge on any atom is 0.343 e. The van der Waals surface area contributed by atoms with Gasteiger partial charge in [-0.1, -0.05) is 17.7 Å². The van der Waals surface area contributed by atoms with Gasteiger partial charge in [-0.15, -0.1) is 0 Å². The summed E-state index contributed by atoms with van der Waals surface area (Å²) in [5.41, 5.74) is 1.00. The lowest BCUT2D eigenvalue weighted by atomic mass is 10.1. The third-order valence-corrected chi connectivity index (χ3v) is 2.85. The molecule has 0 heterocycles. The molecule has 0 atom stereocenters. The van der Waals surface area contributed by atoms with E-state index in [0.29, 0.717) is 11.3 Å². The topological polar surface area (TPSA) is 78.7 Å². The Kier molecular flexibility index (Phi) is 4.18. The number of carbonyl (C=O) groups excluding carboxylic acids is 1. The molecule has 0 bridgehead atoms. The maximum absolute atomic E-state index is 12.0. The highest BCUT2D eigenvalue weighted by atomic mass is 16.6. The van der Waals surface area contributed by atoms with E-state index in [-0.39, 0.29) is 11.4 Å². The fraction of sp³-hybridized carbons (Fsp3) is 0.133. The van der Waals surface area contributed by atoms with Crippen molar-refractivity contribution >= 4 is 11.7 Å². The van der Waals surface area contributed by atoms with E-state index in [0.717, 1.165) is 5.56 Å². The molecular formula is C15H13NO5. The number of nitro benzene ring substituents is 1. The van der Waals surface area contributed by atoms with Crippen molar-refractivity contribution < 1.29 is 19.2 Å². The lowest BCUT2D eigenvalue weighted by Gasteiger charge is -2.06. The number of esters is 1. The Morgan fingerprint density at radius 3 is 2.38 bits per heavy atom. The highest BCUT2D eigenvalue weighted by molar-refractivity contribution is 5.91. The van der Waals surface area contributed by atoms with Crippen molar-refractivity contribution in [3.05, 3.63) is 63.7 Å². The minimum absolute atomic E-state index is 0.119. The van der Waals surface area contributed by atoms with E-state index in [9.17, 15) is 14.9 Å². The van der Waals surface area contributed by atoms with Crippen LogP contribution in [0.5, 0.6) is 11.5 Å². The van der Waals surface area contributed by atoms with Crippen LogP contribution in [-0.2, 0) is 0 Å². The number of carbonyl (C=O) groups is 1. The number of hydrogen-bond acceptors (Lipinski definition) is 5. The molecule has 6 heteroatoms. The minimum atomic E-state index is -0.650. The summed E-state index contributed by atoms with van der Waals surface area (Å²) >= 11 is 0. The van der Waals surface area contributed by atoms with E-state index < -0.39 is 10.9 Å². The number of nitrogens with zero attached hydrogens (tertiary/aromatic N) is 1. The fourth-order valence-corrected chi connectivity index (χ4v) is 1.70. The molecule has 0 aliphatic carbocycles. The molecule has 0 unspecified atom stereocenters. The van der Waals surface area contributed by atoms with Crippen LogP contribution in [0, 0.1) is 17.0 Å². The third-order valence-electron chi connectivity index (χ3n) is 2.85. The first-order valence-corrected chi connectivity index (χ1v) is 6.12. The normalized spacial score (nSPS) is 10.0. The van der Waals surface area contributed by atoms with Gasteiger partial charge < -0.3 is 9.47 Å². The zero-order valence-corrected chi connectivity index (χ0v) is 11.5. The fourth-order valence-electron chi connectivity index (χ4n) is 1.70. The molecule has 21 heavy (non-hydrogen) atoms. The van der Waals surface area contributed by atoms with Crippen molar-refractivity contribution in [3.8, 4) is 11.5 Å². The summed E-state index contributed by atoms with van der Waals surface area (Å²) in [7, 11) is 1.40. The van der Waals surface area contributed by atoms with Crippen molar-refractivity contribution in [2.24, 2.45) is 0 Å². The molecule has 0 aliphatic rings. The average Bonchev–Trinajstić information content (AvgIpc) is 2.48. The second-order valence-corrected chi connectivity index (χ2v) is 4.35. The standard InChI is InChI=1S/C15H13NO5/c1-10-3-5-11(6-4-10)15(17)21-14-8-7-12(20-2)9-13(14)16(18)19/h3-9H,1-2H3. The van der Waals surface area contributed by atoms with Crippen LogP contribution >= 0.6 is 0 Å². The smallest absolute Gasteiger partial charge is 0.343 e. The van der Waals surface area contributed by atoms with Gasteiger partial charge in [0.05, 0.1) is 23.7 Å². The number of nitro groups is 1. The molecule has 6 nitrogen and oxygen atoms in total. The molecule has 0 aliphatic heterocycles. The molecule has 0 amide bonds. The predicted octanol–water partition coefficient (Wildman–Crippen LogP) is 3.13. The lowest BCUT2D eigenvalue weighted by Crippen LogP contribution is -2.09. The summed E-state index contributed by atoms with van der Waals surface area (Å²) in [4.78, 5) is 22.4. The van der Waals surface area contributed by atoms with Gasteiger partial charge in [-0.3, -0.25) is 10.1 Å². The van der Waals surface area contributed by atoms with Gasteiger partial charge in [-0.2, -0.15) is 0 Å². The van der Waals surface area contributed by atoms with Crippen LogP contribution in [0.4, 0.5) is 5.69 Å². The zero-order chi connectivity index (χ0) is 15.4. The predicted molar refractivity (Wildman–Crippen MR) is 75.8 cm³/mol. The van der Waals surface area contributed by atoms with Gasteiger partial charge >= 0.3 is 11.7 Å². The molecule has 2 aromatic rings. The Morgan fingerprint density at radius 1 is 1.14 bits per heavy atom. The van der Waals surface area contributed by atoms with Crippen LogP contribution < -0.4 is 9.47 Å². The summed E-state index contributed by atoms with van der Waals surface area (Å²) in [6.07, 6.45) is 0. The number of aryl methyl sites for hydroxylation is 1. The van der Waals surface area contributed by atoms with Crippen LogP contribution in [0.15, 0.2) is 42.5 Å². The van der Waals surface area contributed by atoms with Crippen molar-refractivity contribution in [2.75, 3.05) is 7.11 Å². The van der Waals surface area contributed by atoms with E-state index in [2.05, 4.69) is 0 Å². The summed E-state index contributed by atoms with van der Waals surface area (Å²) < 4.78 is 10.0. The molecule has 108 valence electrons. The second-order valence-electron chi connectivity index (χ2n) is 4.35. The summed E-state index contributed by atoms with van der Waals surface area (Å²) in [5.74, 6) is -0.452. The van der Waals surface area contributed by atoms with E-state index >= 15 is 0 Å². The number of benzene rings is 2. The first-order valence-electron chi connectivity index (χ1n) is 6.12. The largest absolute Gasteiger partial charge is 0.496 e. The van der Waals surface area contributed by atoms with E-state index in [1.165, 1.54) is 25.3 Å². The van der Waals surface area contributed by atoms with Crippen molar-refractivity contribution in [3.63, 3.8) is 0 Å². The zero-order valence-electron chi connectivity index (χ0n) is 11.5. The first kappa shape index (κ1) is 14.5. The number of methoxy groups -OCH3 is 1. The SMILES string of the molecule is COc1ccc(OC(=O)c2ccc(C)cc2)c([N+](=O)[O-])c1. The van der Waals surface area contributed by atoms with Crippen LogP contribution in [0.25, 0.3) is 0 Å². The molecule has 0 aromatic heterocycles. The van der Waals surface area contributed by atoms with Gasteiger partial charge in [0.15, 0.2) is 0 Å². The number of hydrogen-bond donors (Lipinski definition) is 0. The first-order chi connectivity index (χ1) is 10.0. The van der Waals surface area contributed by atoms with E-state index in [1.807, 2.05) is 6.92 Å². The highest BCUT2D eigenvalue weighted by Gasteiger charge is 2.20. The Bertz CT molecular complexity index is 679. The van der Waals surface area contributed by atoms with Crippen LogP contribution in [-0.4, -0.2) is 18.0 Å². The summed E-state index contributed by atoms with van der Waals surface area (Å²) in [6.45, 7) is 1.89. The Hall–Kier alpha value is -2.89. The van der Waals surface area contributed by atoms with Crippen LogP contribution in [0.3, 0.4) is 0 Å². The maximum atomic E-state index is 12.0. The molecule has 2 aromatic carbocycles. The highest BCUT2D eigenvalue weighted by Crippen LogP contribution is 2.31. The molecular weight excluding hydrogens is 274 g/mol. The molecule has 0 saturated carbocycles. The lowest BCUT2D eigenvalue weighted by molar-refractivity contribution is -0.385. The molecule has 0 radical (unpaired) electrons. The van der Waals surface area contributed by atoms with E-state index in [1.54, 1.807) is 24.3 Å². The van der Waals surface area contributed by atoms with Crippen LogP contribution in [0.2, 0.25) is 0 Å². The average molecular weight is 287 g/mol. The Morgan fingerprint density at radius 2 is 1.81 bits per heavy atom. The molecule has 0 spiro atoms. The summed E-state index contributed by atoms with van der Waals surface area (Å²) in [5, 5.41) is 11.0. The number of rotatable bonds is 4. The third kappa shape index (κ3) is 3.36. The summed E-state index contributed by atoms with van der Waals surface area (Å²) in [6, 6.07) is 10.8. The molecule has 0 saturated heterocycles. The molecule has 0 N–H and O–H groups in total. The molecule has 2 rings (SSSR count). The Balaban J connectivity index is 2.28. The monoisotopic (exact) mass is 287 g/mol. The van der Waals surface area contributed by atoms with Gasteiger partial charge in [0.25, 0.3) is 0 Å². The van der Waals surface area contributed by atoms with Gasteiger partial charge in [0, 0.05) is 0 Å². The van der Waals surface area contributed by atoms with Crippen molar-refractivity contribution in [1.82, 2.24) is 0 Å².